The van der Waals surface area contributed by atoms with Crippen molar-refractivity contribution in [3.8, 4) is 0 Å². The Balaban J connectivity index is 2.33. The van der Waals surface area contributed by atoms with Crippen LogP contribution in [-0.2, 0) is 9.59 Å². The number of hydrogen-bond acceptors (Lipinski definition) is 4. The van der Waals surface area contributed by atoms with Gasteiger partial charge < -0.3 is 5.32 Å². The Bertz CT molecular complexity index is 529. The molecule has 0 unspecified atom stereocenters. The Morgan fingerprint density at radius 1 is 1.14 bits per heavy atom. The molecule has 0 aliphatic carbocycles. The van der Waals surface area contributed by atoms with Gasteiger partial charge in [0.05, 0.1) is 13.1 Å². The molecule has 22 heavy (non-hydrogen) atoms. The molecule has 0 radical (unpaired) electrons. The standard InChI is InChI=1S/C16H26N4O2/c1-11(2)20(5)10-16(22)19-18-15(21)9-17-14-7-6-12(3)8-13(14)4/h6-8,11,17H,9-10H2,1-5H3,(H,18,21)(H,19,22). The van der Waals surface area contributed by atoms with Gasteiger partial charge in [-0.3, -0.25) is 25.3 Å². The summed E-state index contributed by atoms with van der Waals surface area (Å²) in [4.78, 5) is 25.2. The van der Waals surface area contributed by atoms with E-state index in [0.29, 0.717) is 0 Å². The van der Waals surface area contributed by atoms with Crippen molar-refractivity contribution in [2.24, 2.45) is 0 Å². The van der Waals surface area contributed by atoms with Crippen LogP contribution in [0.15, 0.2) is 18.2 Å². The van der Waals surface area contributed by atoms with E-state index in [0.717, 1.165) is 11.3 Å². The predicted molar refractivity (Wildman–Crippen MR) is 88.5 cm³/mol. The number of benzene rings is 1. The zero-order valence-corrected chi connectivity index (χ0v) is 14.0. The zero-order chi connectivity index (χ0) is 16.7. The number of anilines is 1. The molecule has 2 amide bonds. The fourth-order valence-corrected chi connectivity index (χ4v) is 1.82. The van der Waals surface area contributed by atoms with Crippen molar-refractivity contribution in [1.82, 2.24) is 15.8 Å². The van der Waals surface area contributed by atoms with Crippen LogP contribution in [0, 0.1) is 13.8 Å². The molecular weight excluding hydrogens is 280 g/mol. The third-order valence-electron chi connectivity index (χ3n) is 3.44. The summed E-state index contributed by atoms with van der Waals surface area (Å²) in [6.07, 6.45) is 0. The van der Waals surface area contributed by atoms with Crippen molar-refractivity contribution in [3.63, 3.8) is 0 Å². The van der Waals surface area contributed by atoms with Crippen molar-refractivity contribution >= 4 is 17.5 Å². The smallest absolute Gasteiger partial charge is 0.257 e. The molecule has 122 valence electrons. The average molecular weight is 306 g/mol. The number of aryl methyl sites for hydroxylation is 2. The van der Waals surface area contributed by atoms with Gasteiger partial charge in [-0.05, 0) is 46.4 Å². The van der Waals surface area contributed by atoms with Crippen LogP contribution in [0.2, 0.25) is 0 Å². The lowest BCUT2D eigenvalue weighted by molar-refractivity contribution is -0.128. The van der Waals surface area contributed by atoms with Gasteiger partial charge >= 0.3 is 0 Å². The molecule has 0 bridgehead atoms. The average Bonchev–Trinajstić information content (AvgIpc) is 2.44. The van der Waals surface area contributed by atoms with Crippen molar-refractivity contribution in [1.29, 1.82) is 0 Å². The van der Waals surface area contributed by atoms with Crippen LogP contribution in [0.5, 0.6) is 0 Å². The second-order valence-electron chi connectivity index (χ2n) is 5.78. The first kappa shape index (κ1) is 18.0. The van der Waals surface area contributed by atoms with Crippen LogP contribution in [-0.4, -0.2) is 42.9 Å². The summed E-state index contributed by atoms with van der Waals surface area (Å²) < 4.78 is 0. The number of hydrogen-bond donors (Lipinski definition) is 3. The maximum absolute atomic E-state index is 11.7. The SMILES string of the molecule is Cc1ccc(NCC(=O)NNC(=O)CN(C)C(C)C)c(C)c1. The molecule has 6 nitrogen and oxygen atoms in total. The van der Waals surface area contributed by atoms with Crippen molar-refractivity contribution in [3.05, 3.63) is 29.3 Å². The van der Waals surface area contributed by atoms with Gasteiger partial charge in [-0.15, -0.1) is 0 Å². The molecule has 0 fully saturated rings. The topological polar surface area (TPSA) is 73.5 Å². The molecule has 1 rings (SSSR count). The first-order chi connectivity index (χ1) is 10.3. The summed E-state index contributed by atoms with van der Waals surface area (Å²) in [5.74, 6) is -0.531. The predicted octanol–water partition coefficient (Wildman–Crippen LogP) is 1.20. The molecule has 0 aliphatic rings. The lowest BCUT2D eigenvalue weighted by Gasteiger charge is -2.20. The molecule has 0 aromatic heterocycles. The Morgan fingerprint density at radius 2 is 1.77 bits per heavy atom. The molecule has 0 spiro atoms. The maximum Gasteiger partial charge on any atom is 0.257 e. The quantitative estimate of drug-likeness (QED) is 0.691. The highest BCUT2D eigenvalue weighted by atomic mass is 16.2. The second kappa shape index (κ2) is 8.38. The highest BCUT2D eigenvalue weighted by Crippen LogP contribution is 2.15. The van der Waals surface area contributed by atoms with Gasteiger partial charge in [0, 0.05) is 11.7 Å². The number of carbonyl (C=O) groups excluding carboxylic acids is 2. The highest BCUT2D eigenvalue weighted by Gasteiger charge is 2.10. The van der Waals surface area contributed by atoms with E-state index >= 15 is 0 Å². The van der Waals surface area contributed by atoms with Gasteiger partial charge in [-0.1, -0.05) is 17.7 Å². The monoisotopic (exact) mass is 306 g/mol. The molecule has 1 aromatic rings. The van der Waals surface area contributed by atoms with Crippen LogP contribution < -0.4 is 16.2 Å². The van der Waals surface area contributed by atoms with Gasteiger partial charge in [0.1, 0.15) is 0 Å². The van der Waals surface area contributed by atoms with E-state index in [2.05, 4.69) is 16.2 Å². The molecular formula is C16H26N4O2. The van der Waals surface area contributed by atoms with E-state index in [4.69, 9.17) is 0 Å². The minimum absolute atomic E-state index is 0.101. The summed E-state index contributed by atoms with van der Waals surface area (Å²) in [6.45, 7) is 8.34. The third kappa shape index (κ3) is 6.13. The molecule has 0 atom stereocenters. The number of nitrogens with zero attached hydrogens (tertiary/aromatic N) is 1. The van der Waals surface area contributed by atoms with Gasteiger partial charge in [0.25, 0.3) is 11.8 Å². The lowest BCUT2D eigenvalue weighted by atomic mass is 10.1. The van der Waals surface area contributed by atoms with E-state index in [-0.39, 0.29) is 30.9 Å². The van der Waals surface area contributed by atoms with Crippen LogP contribution in [0.4, 0.5) is 5.69 Å². The summed E-state index contributed by atoms with van der Waals surface area (Å²) in [7, 11) is 1.85. The van der Waals surface area contributed by atoms with Crippen molar-refractivity contribution in [2.45, 2.75) is 33.7 Å². The number of likely N-dealkylation sites (N-methyl/N-ethyl adjacent to an activating group) is 1. The van der Waals surface area contributed by atoms with E-state index in [9.17, 15) is 9.59 Å². The largest absolute Gasteiger partial charge is 0.376 e. The van der Waals surface area contributed by atoms with Crippen molar-refractivity contribution in [2.75, 3.05) is 25.5 Å². The fourth-order valence-electron chi connectivity index (χ4n) is 1.82. The van der Waals surface area contributed by atoms with E-state index in [1.54, 1.807) is 0 Å². The van der Waals surface area contributed by atoms with Gasteiger partial charge in [0.15, 0.2) is 0 Å². The molecule has 0 heterocycles. The number of nitrogens with one attached hydrogen (secondary N) is 3. The van der Waals surface area contributed by atoms with E-state index in [1.807, 2.05) is 57.8 Å². The maximum atomic E-state index is 11.7. The lowest BCUT2D eigenvalue weighted by Crippen LogP contribution is -2.48. The number of rotatable bonds is 6. The molecule has 3 N–H and O–H groups in total. The summed E-state index contributed by atoms with van der Waals surface area (Å²) in [5.41, 5.74) is 7.97. The normalized spacial score (nSPS) is 10.7. The summed E-state index contributed by atoms with van der Waals surface area (Å²) >= 11 is 0. The summed E-state index contributed by atoms with van der Waals surface area (Å²) in [5, 5.41) is 3.05. The Labute approximate surface area is 132 Å². The van der Waals surface area contributed by atoms with Crippen LogP contribution in [0.1, 0.15) is 25.0 Å². The first-order valence-corrected chi connectivity index (χ1v) is 7.38. The Morgan fingerprint density at radius 3 is 2.36 bits per heavy atom. The number of amides is 2. The first-order valence-electron chi connectivity index (χ1n) is 7.38. The number of carbonyl (C=O) groups is 2. The van der Waals surface area contributed by atoms with Gasteiger partial charge in [-0.2, -0.15) is 0 Å². The van der Waals surface area contributed by atoms with Gasteiger partial charge in [0.2, 0.25) is 0 Å². The third-order valence-corrected chi connectivity index (χ3v) is 3.44. The van der Waals surface area contributed by atoms with E-state index < -0.39 is 0 Å². The van der Waals surface area contributed by atoms with Crippen LogP contribution in [0.3, 0.4) is 0 Å². The van der Waals surface area contributed by atoms with Crippen LogP contribution in [0.25, 0.3) is 0 Å². The molecule has 6 heteroatoms. The fraction of sp³-hybridized carbons (Fsp3) is 0.500. The minimum atomic E-state index is -0.291. The van der Waals surface area contributed by atoms with Crippen LogP contribution >= 0.6 is 0 Å². The molecule has 0 aliphatic heterocycles. The second-order valence-corrected chi connectivity index (χ2v) is 5.78. The molecule has 0 saturated heterocycles. The summed E-state index contributed by atoms with van der Waals surface area (Å²) in [6, 6.07) is 6.24. The van der Waals surface area contributed by atoms with Crippen molar-refractivity contribution < 1.29 is 9.59 Å². The zero-order valence-electron chi connectivity index (χ0n) is 14.0. The Kier molecular flexibility index (Phi) is 6.85. The molecule has 1 aromatic carbocycles. The van der Waals surface area contributed by atoms with Gasteiger partial charge in [-0.25, -0.2) is 0 Å². The Hall–Kier alpha value is -2.08. The highest BCUT2D eigenvalue weighted by molar-refractivity contribution is 5.85. The van der Waals surface area contributed by atoms with E-state index in [1.165, 1.54) is 5.56 Å². The minimum Gasteiger partial charge on any atom is -0.376 e. The number of hydrazine groups is 1. The molecule has 0 saturated carbocycles.